The average Bonchev–Trinajstić information content (AvgIpc) is 3.33. The third kappa shape index (κ3) is 3.67. The molecule has 8 nitrogen and oxygen atoms in total. The van der Waals surface area contributed by atoms with Gasteiger partial charge in [0, 0.05) is 17.5 Å². The van der Waals surface area contributed by atoms with Crippen molar-refractivity contribution in [3.63, 3.8) is 0 Å². The zero-order valence-electron chi connectivity index (χ0n) is 19.2. The summed E-state index contributed by atoms with van der Waals surface area (Å²) in [6.07, 6.45) is 10.1. The molecule has 0 amide bonds. The van der Waals surface area contributed by atoms with Crippen LogP contribution in [0.2, 0.25) is 0 Å². The molecule has 34 heavy (non-hydrogen) atoms. The van der Waals surface area contributed by atoms with Gasteiger partial charge in [0.1, 0.15) is 0 Å². The van der Waals surface area contributed by atoms with Crippen molar-refractivity contribution in [2.75, 3.05) is 5.43 Å². The van der Waals surface area contributed by atoms with Crippen LogP contribution in [-0.4, -0.2) is 25.6 Å². The molecule has 4 aliphatic carbocycles. The SMILES string of the molecule is CC(=NNc1ccc([N+](=O)[O-])cc1)c1ccc(-n2nncc2C23CC4CC(CC(C4)C2)C3)cc1. The van der Waals surface area contributed by atoms with Crippen LogP contribution in [0.4, 0.5) is 11.4 Å². The van der Waals surface area contributed by atoms with Crippen LogP contribution in [0.25, 0.3) is 5.69 Å². The van der Waals surface area contributed by atoms with E-state index in [4.69, 9.17) is 0 Å². The number of nitro benzene ring substituents is 1. The lowest BCUT2D eigenvalue weighted by molar-refractivity contribution is -0.384. The van der Waals surface area contributed by atoms with Crippen LogP contribution in [0.15, 0.2) is 59.8 Å². The van der Waals surface area contributed by atoms with Gasteiger partial charge in [0.25, 0.3) is 5.69 Å². The molecule has 4 bridgehead atoms. The molecule has 1 N–H and O–H groups in total. The largest absolute Gasteiger partial charge is 0.278 e. The maximum atomic E-state index is 10.8. The minimum Gasteiger partial charge on any atom is -0.278 e. The van der Waals surface area contributed by atoms with Crippen LogP contribution in [0.3, 0.4) is 0 Å². The second kappa shape index (κ2) is 8.04. The average molecular weight is 457 g/mol. The molecule has 0 radical (unpaired) electrons. The third-order valence-corrected chi connectivity index (χ3v) is 8.09. The number of rotatable bonds is 6. The van der Waals surface area contributed by atoms with Crippen molar-refractivity contribution < 1.29 is 4.92 Å². The van der Waals surface area contributed by atoms with Crippen LogP contribution in [0.5, 0.6) is 0 Å². The normalized spacial score (nSPS) is 27.7. The molecule has 1 aromatic heterocycles. The topological polar surface area (TPSA) is 98.2 Å². The fourth-order valence-corrected chi connectivity index (χ4v) is 6.93. The number of benzene rings is 2. The first-order valence-electron chi connectivity index (χ1n) is 12.1. The number of hydrazone groups is 1. The number of nitrogens with one attached hydrogen (secondary N) is 1. The van der Waals surface area contributed by atoms with Crippen molar-refractivity contribution in [1.82, 2.24) is 15.0 Å². The smallest absolute Gasteiger partial charge is 0.269 e. The maximum absolute atomic E-state index is 10.8. The Kier molecular flexibility index (Phi) is 4.97. The zero-order chi connectivity index (χ0) is 23.3. The molecule has 0 unspecified atom stereocenters. The molecule has 0 saturated heterocycles. The number of nitrogens with zero attached hydrogens (tertiary/aromatic N) is 5. The van der Waals surface area contributed by atoms with Crippen LogP contribution in [-0.2, 0) is 5.41 Å². The molecule has 4 aliphatic rings. The second-order valence-corrected chi connectivity index (χ2v) is 10.4. The Morgan fingerprint density at radius 1 is 1.03 bits per heavy atom. The van der Waals surface area contributed by atoms with Gasteiger partial charge in [-0.2, -0.15) is 5.10 Å². The van der Waals surface area contributed by atoms with E-state index in [0.717, 1.165) is 34.7 Å². The molecular weight excluding hydrogens is 428 g/mol. The van der Waals surface area contributed by atoms with E-state index in [9.17, 15) is 10.1 Å². The Balaban J connectivity index is 1.20. The number of anilines is 1. The summed E-state index contributed by atoms with van der Waals surface area (Å²) in [5.74, 6) is 2.62. The number of nitro groups is 1. The van der Waals surface area contributed by atoms with Gasteiger partial charge in [-0.3, -0.25) is 15.5 Å². The van der Waals surface area contributed by atoms with Gasteiger partial charge in [0.15, 0.2) is 0 Å². The van der Waals surface area contributed by atoms with E-state index in [0.29, 0.717) is 5.69 Å². The fourth-order valence-electron chi connectivity index (χ4n) is 6.93. The van der Waals surface area contributed by atoms with E-state index in [-0.39, 0.29) is 11.1 Å². The fraction of sp³-hybridized carbons (Fsp3) is 0.423. The first kappa shape index (κ1) is 21.0. The highest BCUT2D eigenvalue weighted by atomic mass is 16.6. The van der Waals surface area contributed by atoms with Crippen LogP contribution in [0, 0.1) is 27.9 Å². The van der Waals surface area contributed by atoms with E-state index >= 15 is 0 Å². The summed E-state index contributed by atoms with van der Waals surface area (Å²) in [5.41, 5.74) is 8.10. The summed E-state index contributed by atoms with van der Waals surface area (Å²) in [6, 6.07) is 14.5. The summed E-state index contributed by atoms with van der Waals surface area (Å²) in [7, 11) is 0. The molecule has 2 aromatic carbocycles. The second-order valence-electron chi connectivity index (χ2n) is 10.4. The molecule has 3 aromatic rings. The summed E-state index contributed by atoms with van der Waals surface area (Å²) >= 11 is 0. The van der Waals surface area contributed by atoms with Gasteiger partial charge in [-0.05, 0) is 93.0 Å². The van der Waals surface area contributed by atoms with E-state index in [1.54, 1.807) is 12.1 Å². The molecule has 7 rings (SSSR count). The van der Waals surface area contributed by atoms with E-state index in [2.05, 4.69) is 49.8 Å². The summed E-state index contributed by atoms with van der Waals surface area (Å²) in [5, 5.41) is 24.1. The Morgan fingerprint density at radius 2 is 1.65 bits per heavy atom. The molecule has 4 saturated carbocycles. The Bertz CT molecular complexity index is 1210. The Labute approximate surface area is 198 Å². The first-order valence-corrected chi connectivity index (χ1v) is 12.1. The minimum atomic E-state index is -0.413. The standard InChI is InChI=1S/C26H28N6O2/c1-17(28-29-22-4-8-24(9-5-22)32(33)34)21-2-6-23(7-3-21)31-25(16-27-30-31)26-13-18-10-19(14-26)12-20(11-18)15-26/h2-9,16,18-20,29H,10-15H2,1H3. The van der Waals surface area contributed by atoms with Crippen LogP contribution in [0.1, 0.15) is 56.7 Å². The lowest BCUT2D eigenvalue weighted by Crippen LogP contribution is -2.49. The van der Waals surface area contributed by atoms with E-state index in [1.807, 2.05) is 13.1 Å². The zero-order valence-corrected chi connectivity index (χ0v) is 19.2. The predicted octanol–water partition coefficient (Wildman–Crippen LogP) is 5.48. The molecule has 0 aliphatic heterocycles. The van der Waals surface area contributed by atoms with Crippen molar-refractivity contribution in [3.05, 3.63) is 76.1 Å². The molecule has 174 valence electrons. The van der Waals surface area contributed by atoms with Gasteiger partial charge in [-0.1, -0.05) is 17.3 Å². The van der Waals surface area contributed by atoms with E-state index < -0.39 is 4.92 Å². The van der Waals surface area contributed by atoms with Crippen molar-refractivity contribution in [1.29, 1.82) is 0 Å². The minimum absolute atomic E-state index is 0.0582. The number of hydrogen-bond acceptors (Lipinski definition) is 6. The number of aromatic nitrogens is 3. The highest BCUT2D eigenvalue weighted by Crippen LogP contribution is 2.60. The summed E-state index contributed by atoms with van der Waals surface area (Å²) in [4.78, 5) is 10.4. The number of hydrogen-bond donors (Lipinski definition) is 1. The van der Waals surface area contributed by atoms with Crippen LogP contribution < -0.4 is 5.43 Å². The van der Waals surface area contributed by atoms with Crippen molar-refractivity contribution in [2.45, 2.75) is 50.9 Å². The van der Waals surface area contributed by atoms with Gasteiger partial charge in [0.2, 0.25) is 0 Å². The van der Waals surface area contributed by atoms with Crippen molar-refractivity contribution in [3.8, 4) is 5.69 Å². The maximum Gasteiger partial charge on any atom is 0.269 e. The third-order valence-electron chi connectivity index (χ3n) is 8.09. The van der Waals surface area contributed by atoms with Crippen LogP contribution >= 0.6 is 0 Å². The highest BCUT2D eigenvalue weighted by molar-refractivity contribution is 5.99. The summed E-state index contributed by atoms with van der Waals surface area (Å²) < 4.78 is 2.05. The lowest BCUT2D eigenvalue weighted by Gasteiger charge is -2.56. The molecule has 8 heteroatoms. The molecular formula is C26H28N6O2. The summed E-state index contributed by atoms with van der Waals surface area (Å²) in [6.45, 7) is 1.93. The van der Waals surface area contributed by atoms with Crippen molar-refractivity contribution in [2.24, 2.45) is 22.9 Å². The quantitative estimate of drug-likeness (QED) is 0.301. The first-order chi connectivity index (χ1) is 16.5. The lowest BCUT2D eigenvalue weighted by atomic mass is 9.49. The number of non-ortho nitro benzene ring substituents is 1. The van der Waals surface area contributed by atoms with E-state index in [1.165, 1.54) is 56.4 Å². The monoisotopic (exact) mass is 456 g/mol. The predicted molar refractivity (Wildman–Crippen MR) is 130 cm³/mol. The molecule has 4 fully saturated rings. The highest BCUT2D eigenvalue weighted by Gasteiger charge is 2.53. The van der Waals surface area contributed by atoms with Gasteiger partial charge in [-0.25, -0.2) is 4.68 Å². The Morgan fingerprint density at radius 3 is 2.24 bits per heavy atom. The van der Waals surface area contributed by atoms with Gasteiger partial charge >= 0.3 is 0 Å². The Hall–Kier alpha value is -3.55. The van der Waals surface area contributed by atoms with Gasteiger partial charge < -0.3 is 0 Å². The van der Waals surface area contributed by atoms with Gasteiger partial charge in [-0.15, -0.1) is 5.10 Å². The molecule has 0 spiro atoms. The molecule has 1 heterocycles. The van der Waals surface area contributed by atoms with Gasteiger partial charge in [0.05, 0.1) is 33.9 Å². The molecule has 0 atom stereocenters. The van der Waals surface area contributed by atoms with Crippen molar-refractivity contribution >= 4 is 17.1 Å².